The van der Waals surface area contributed by atoms with Gasteiger partial charge >= 0.3 is 5.97 Å². The van der Waals surface area contributed by atoms with E-state index in [1.807, 2.05) is 12.1 Å². The second-order valence-corrected chi connectivity index (χ2v) is 4.73. The first kappa shape index (κ1) is 12.7. The zero-order valence-corrected chi connectivity index (χ0v) is 10.9. The van der Waals surface area contributed by atoms with Crippen LogP contribution in [0, 0.1) is 6.92 Å². The van der Waals surface area contributed by atoms with E-state index in [1.165, 1.54) is 30.2 Å². The number of aryl methyl sites for hydroxylation is 1. The minimum Gasteiger partial charge on any atom is -0.478 e. The van der Waals surface area contributed by atoms with Gasteiger partial charge in [-0.3, -0.25) is 0 Å². The zero-order valence-electron chi connectivity index (χ0n) is 10.9. The number of carboxylic acids is 1. The van der Waals surface area contributed by atoms with Gasteiger partial charge in [-0.2, -0.15) is 0 Å². The Labute approximate surface area is 108 Å². The minimum atomic E-state index is -0.912. The average molecular weight is 245 g/mol. The van der Waals surface area contributed by atoms with Gasteiger partial charge in [0.2, 0.25) is 0 Å². The highest BCUT2D eigenvalue weighted by atomic mass is 16.4. The highest BCUT2D eigenvalue weighted by Gasteiger charge is 2.28. The fourth-order valence-electron chi connectivity index (χ4n) is 2.28. The Morgan fingerprint density at radius 1 is 1.50 bits per heavy atom. The fourth-order valence-corrected chi connectivity index (χ4v) is 2.28. The van der Waals surface area contributed by atoms with Gasteiger partial charge in [0.25, 0.3) is 0 Å². The molecule has 0 aliphatic heterocycles. The van der Waals surface area contributed by atoms with Gasteiger partial charge in [-0.1, -0.05) is 6.07 Å². The van der Waals surface area contributed by atoms with Crippen molar-refractivity contribution in [3.8, 4) is 0 Å². The first-order valence-electron chi connectivity index (χ1n) is 6.40. The molecule has 0 atom stereocenters. The summed E-state index contributed by atoms with van der Waals surface area (Å²) in [6, 6.07) is 6.82. The number of rotatable bonds is 5. The molecule has 1 aliphatic carbocycles. The summed E-state index contributed by atoms with van der Waals surface area (Å²) in [6.07, 6.45) is 5.38. The minimum absolute atomic E-state index is 0.703. The highest BCUT2D eigenvalue weighted by molar-refractivity contribution is 5.85. The number of hydrogen-bond acceptors (Lipinski definition) is 2. The van der Waals surface area contributed by atoms with Crippen LogP contribution in [0.15, 0.2) is 24.3 Å². The van der Waals surface area contributed by atoms with Crippen molar-refractivity contribution in [1.29, 1.82) is 0 Å². The molecule has 0 bridgehead atoms. The van der Waals surface area contributed by atoms with E-state index >= 15 is 0 Å². The molecule has 18 heavy (non-hydrogen) atoms. The Hall–Kier alpha value is -1.77. The molecule has 0 amide bonds. The van der Waals surface area contributed by atoms with Crippen molar-refractivity contribution in [3.63, 3.8) is 0 Å². The average Bonchev–Trinajstić information content (AvgIpc) is 3.14. The third-order valence-corrected chi connectivity index (χ3v) is 3.28. The third kappa shape index (κ3) is 2.92. The Morgan fingerprint density at radius 3 is 2.72 bits per heavy atom. The first-order chi connectivity index (χ1) is 8.61. The van der Waals surface area contributed by atoms with Crippen molar-refractivity contribution in [2.45, 2.75) is 32.7 Å². The maximum Gasteiger partial charge on any atom is 0.328 e. The van der Waals surface area contributed by atoms with E-state index in [-0.39, 0.29) is 0 Å². The molecule has 1 fully saturated rings. The summed E-state index contributed by atoms with van der Waals surface area (Å²) in [7, 11) is 0. The molecule has 1 aromatic carbocycles. The lowest BCUT2D eigenvalue weighted by Crippen LogP contribution is -2.25. The third-order valence-electron chi connectivity index (χ3n) is 3.28. The van der Waals surface area contributed by atoms with E-state index in [1.54, 1.807) is 6.08 Å². The summed E-state index contributed by atoms with van der Waals surface area (Å²) in [5, 5.41) is 8.61. The van der Waals surface area contributed by atoms with Crippen LogP contribution in [0.3, 0.4) is 0 Å². The number of carbonyl (C=O) groups is 1. The van der Waals surface area contributed by atoms with Gasteiger partial charge < -0.3 is 10.0 Å². The Morgan fingerprint density at radius 2 is 2.22 bits per heavy atom. The number of aliphatic carboxylic acids is 1. The van der Waals surface area contributed by atoms with Gasteiger partial charge in [-0.15, -0.1) is 0 Å². The van der Waals surface area contributed by atoms with Crippen LogP contribution in [0.2, 0.25) is 0 Å². The lowest BCUT2D eigenvalue weighted by atomic mass is 10.1. The molecule has 2 rings (SSSR count). The molecular formula is C15H19NO2. The van der Waals surface area contributed by atoms with Crippen LogP contribution in [-0.4, -0.2) is 23.7 Å². The lowest BCUT2D eigenvalue weighted by molar-refractivity contribution is -0.131. The summed E-state index contributed by atoms with van der Waals surface area (Å²) < 4.78 is 0. The van der Waals surface area contributed by atoms with Gasteiger partial charge in [0, 0.05) is 24.4 Å². The predicted molar refractivity (Wildman–Crippen MR) is 73.9 cm³/mol. The number of hydrogen-bond donors (Lipinski definition) is 1. The molecule has 1 aliphatic rings. The van der Waals surface area contributed by atoms with Gasteiger partial charge in [-0.05, 0) is 56.0 Å². The Balaban J connectivity index is 2.21. The summed E-state index contributed by atoms with van der Waals surface area (Å²) in [4.78, 5) is 12.9. The molecule has 1 N–H and O–H groups in total. The maximum atomic E-state index is 10.5. The van der Waals surface area contributed by atoms with Crippen LogP contribution in [0.1, 0.15) is 30.9 Å². The largest absolute Gasteiger partial charge is 0.478 e. The standard InChI is InChI=1S/C15H19NO2/c1-3-16(13-6-7-13)14-8-4-12(10-11(14)2)5-9-15(17)18/h4-5,8-10,13H,3,6-7H2,1-2H3,(H,17,18). The SMILES string of the molecule is CCN(c1ccc(C=CC(=O)O)cc1C)C1CC1. The van der Waals surface area contributed by atoms with Crippen LogP contribution in [0.5, 0.6) is 0 Å². The second-order valence-electron chi connectivity index (χ2n) is 4.73. The van der Waals surface area contributed by atoms with E-state index in [4.69, 9.17) is 5.11 Å². The Bertz CT molecular complexity index is 475. The highest BCUT2D eigenvalue weighted by Crippen LogP contribution is 2.33. The maximum absolute atomic E-state index is 10.5. The van der Waals surface area contributed by atoms with E-state index in [0.717, 1.165) is 12.1 Å². The summed E-state index contributed by atoms with van der Waals surface area (Å²) in [6.45, 7) is 5.28. The van der Waals surface area contributed by atoms with Gasteiger partial charge in [-0.25, -0.2) is 4.79 Å². The number of benzene rings is 1. The monoisotopic (exact) mass is 245 g/mol. The molecule has 3 heteroatoms. The molecule has 0 radical (unpaired) electrons. The van der Waals surface area contributed by atoms with E-state index in [2.05, 4.69) is 24.8 Å². The second kappa shape index (κ2) is 5.25. The van der Waals surface area contributed by atoms with Crippen LogP contribution in [-0.2, 0) is 4.79 Å². The summed E-state index contributed by atoms with van der Waals surface area (Å²) in [5.41, 5.74) is 3.41. The van der Waals surface area contributed by atoms with Crippen LogP contribution in [0.4, 0.5) is 5.69 Å². The number of carboxylic acid groups (broad SMARTS) is 1. The van der Waals surface area contributed by atoms with Crippen molar-refractivity contribution >= 4 is 17.7 Å². The van der Waals surface area contributed by atoms with E-state index in [9.17, 15) is 4.79 Å². The van der Waals surface area contributed by atoms with Crippen molar-refractivity contribution in [2.24, 2.45) is 0 Å². The van der Waals surface area contributed by atoms with E-state index < -0.39 is 5.97 Å². The van der Waals surface area contributed by atoms with Crippen LogP contribution < -0.4 is 4.90 Å². The number of anilines is 1. The molecule has 0 heterocycles. The predicted octanol–water partition coefficient (Wildman–Crippen LogP) is 3.08. The molecule has 0 saturated heterocycles. The quantitative estimate of drug-likeness (QED) is 0.810. The normalized spacial score (nSPS) is 15.0. The zero-order chi connectivity index (χ0) is 13.1. The van der Waals surface area contributed by atoms with Crippen molar-refractivity contribution in [2.75, 3.05) is 11.4 Å². The fraction of sp³-hybridized carbons (Fsp3) is 0.400. The lowest BCUT2D eigenvalue weighted by Gasteiger charge is -2.25. The van der Waals surface area contributed by atoms with Crippen molar-refractivity contribution in [1.82, 2.24) is 0 Å². The first-order valence-corrected chi connectivity index (χ1v) is 6.40. The van der Waals surface area contributed by atoms with Gasteiger partial charge in [0.05, 0.1) is 0 Å². The summed E-state index contributed by atoms with van der Waals surface area (Å²) >= 11 is 0. The molecule has 1 aromatic rings. The van der Waals surface area contributed by atoms with Gasteiger partial charge in [0.15, 0.2) is 0 Å². The molecular weight excluding hydrogens is 226 g/mol. The molecule has 3 nitrogen and oxygen atoms in total. The molecule has 0 unspecified atom stereocenters. The topological polar surface area (TPSA) is 40.5 Å². The van der Waals surface area contributed by atoms with E-state index in [0.29, 0.717) is 6.04 Å². The molecule has 0 aromatic heterocycles. The molecule has 0 spiro atoms. The van der Waals surface area contributed by atoms with Gasteiger partial charge in [0.1, 0.15) is 0 Å². The van der Waals surface area contributed by atoms with Crippen molar-refractivity contribution in [3.05, 3.63) is 35.4 Å². The Kier molecular flexibility index (Phi) is 3.70. The number of nitrogens with zero attached hydrogens (tertiary/aromatic N) is 1. The molecule has 1 saturated carbocycles. The van der Waals surface area contributed by atoms with Crippen LogP contribution >= 0.6 is 0 Å². The van der Waals surface area contributed by atoms with Crippen molar-refractivity contribution < 1.29 is 9.90 Å². The smallest absolute Gasteiger partial charge is 0.328 e. The summed E-state index contributed by atoms with van der Waals surface area (Å²) in [5.74, 6) is -0.912. The van der Waals surface area contributed by atoms with Crippen LogP contribution in [0.25, 0.3) is 6.08 Å². The molecule has 96 valence electrons.